The fraction of sp³-hybridized carbons (Fsp3) is 0.214. The highest BCUT2D eigenvalue weighted by Gasteiger charge is 2.15. The molecule has 0 aliphatic rings. The molecule has 0 amide bonds. The lowest BCUT2D eigenvalue weighted by Crippen LogP contribution is -2.06. The predicted octanol–water partition coefficient (Wildman–Crippen LogP) is 3.45. The standard InChI is InChI=1S/C14H14BrNO4/c1-18-12-6-10(15)5-11(7-12)16-8-9-3-4-20-13(9)14(17)19-2/h3-7,16H,8H2,1-2H3. The molecule has 0 radical (unpaired) electrons. The minimum atomic E-state index is -0.487. The summed E-state index contributed by atoms with van der Waals surface area (Å²) in [5, 5.41) is 3.20. The van der Waals surface area contributed by atoms with Crippen molar-refractivity contribution in [3.8, 4) is 5.75 Å². The van der Waals surface area contributed by atoms with E-state index in [1.807, 2.05) is 18.2 Å². The van der Waals surface area contributed by atoms with Gasteiger partial charge < -0.3 is 19.2 Å². The van der Waals surface area contributed by atoms with Crippen LogP contribution in [0, 0.1) is 0 Å². The molecule has 0 unspecified atom stereocenters. The Morgan fingerprint density at radius 2 is 2.15 bits per heavy atom. The minimum absolute atomic E-state index is 0.210. The lowest BCUT2D eigenvalue weighted by atomic mass is 10.2. The Labute approximate surface area is 125 Å². The highest BCUT2D eigenvalue weighted by Crippen LogP contribution is 2.25. The molecule has 0 spiro atoms. The van der Waals surface area contributed by atoms with Crippen molar-refractivity contribution in [1.82, 2.24) is 0 Å². The largest absolute Gasteiger partial charge is 0.497 e. The lowest BCUT2D eigenvalue weighted by molar-refractivity contribution is 0.0563. The van der Waals surface area contributed by atoms with Crippen molar-refractivity contribution in [1.29, 1.82) is 0 Å². The number of benzene rings is 1. The van der Waals surface area contributed by atoms with Gasteiger partial charge in [-0.2, -0.15) is 0 Å². The highest BCUT2D eigenvalue weighted by atomic mass is 79.9. The molecule has 0 saturated carbocycles. The van der Waals surface area contributed by atoms with E-state index in [-0.39, 0.29) is 5.76 Å². The third kappa shape index (κ3) is 3.33. The Morgan fingerprint density at radius 3 is 2.85 bits per heavy atom. The lowest BCUT2D eigenvalue weighted by Gasteiger charge is -2.09. The molecule has 1 heterocycles. The van der Waals surface area contributed by atoms with Crippen LogP contribution in [0.15, 0.2) is 39.4 Å². The van der Waals surface area contributed by atoms with Crippen molar-refractivity contribution in [3.05, 3.63) is 46.3 Å². The first-order valence-corrected chi connectivity index (χ1v) is 6.66. The van der Waals surface area contributed by atoms with Crippen LogP contribution in [0.25, 0.3) is 0 Å². The van der Waals surface area contributed by atoms with Crippen LogP contribution in [0.2, 0.25) is 0 Å². The number of nitrogens with one attached hydrogen (secondary N) is 1. The second-order valence-corrected chi connectivity index (χ2v) is 4.92. The Kier molecular flexibility index (Phi) is 4.68. The summed E-state index contributed by atoms with van der Waals surface area (Å²) in [6, 6.07) is 7.38. The van der Waals surface area contributed by atoms with Gasteiger partial charge in [0.25, 0.3) is 0 Å². The maximum absolute atomic E-state index is 11.5. The summed E-state index contributed by atoms with van der Waals surface area (Å²) in [6.07, 6.45) is 1.46. The highest BCUT2D eigenvalue weighted by molar-refractivity contribution is 9.10. The van der Waals surface area contributed by atoms with E-state index >= 15 is 0 Å². The van der Waals surface area contributed by atoms with E-state index in [9.17, 15) is 4.79 Å². The monoisotopic (exact) mass is 339 g/mol. The number of methoxy groups -OCH3 is 2. The Bertz CT molecular complexity index is 609. The quantitative estimate of drug-likeness (QED) is 0.845. The molecule has 1 aromatic carbocycles. The summed E-state index contributed by atoms with van der Waals surface area (Å²) < 4.78 is 15.9. The van der Waals surface area contributed by atoms with Crippen molar-refractivity contribution in [2.24, 2.45) is 0 Å². The van der Waals surface area contributed by atoms with E-state index in [2.05, 4.69) is 26.0 Å². The molecule has 0 atom stereocenters. The molecule has 0 bridgehead atoms. The first-order valence-electron chi connectivity index (χ1n) is 5.87. The number of carbonyl (C=O) groups excluding carboxylic acids is 1. The maximum atomic E-state index is 11.5. The second kappa shape index (κ2) is 6.47. The number of carbonyl (C=O) groups is 1. The van der Waals surface area contributed by atoms with E-state index in [1.54, 1.807) is 13.2 Å². The van der Waals surface area contributed by atoms with Crippen molar-refractivity contribution >= 4 is 27.6 Å². The minimum Gasteiger partial charge on any atom is -0.497 e. The molecule has 0 aliphatic carbocycles. The number of hydrogen-bond acceptors (Lipinski definition) is 5. The summed E-state index contributed by atoms with van der Waals surface area (Å²) in [5.74, 6) is 0.461. The van der Waals surface area contributed by atoms with Crippen LogP contribution < -0.4 is 10.1 Å². The summed E-state index contributed by atoms with van der Waals surface area (Å²) in [7, 11) is 2.93. The Morgan fingerprint density at radius 1 is 1.35 bits per heavy atom. The second-order valence-electron chi connectivity index (χ2n) is 4.00. The van der Waals surface area contributed by atoms with E-state index in [1.165, 1.54) is 13.4 Å². The van der Waals surface area contributed by atoms with Gasteiger partial charge in [0.2, 0.25) is 5.76 Å². The fourth-order valence-electron chi connectivity index (χ4n) is 1.73. The van der Waals surface area contributed by atoms with Crippen molar-refractivity contribution < 1.29 is 18.7 Å². The van der Waals surface area contributed by atoms with Crippen LogP contribution in [0.5, 0.6) is 5.75 Å². The molecule has 1 aromatic heterocycles. The molecule has 20 heavy (non-hydrogen) atoms. The first kappa shape index (κ1) is 14.5. The zero-order chi connectivity index (χ0) is 14.5. The van der Waals surface area contributed by atoms with Gasteiger partial charge in [-0.3, -0.25) is 0 Å². The van der Waals surface area contributed by atoms with Gasteiger partial charge in [-0.05, 0) is 18.2 Å². The molecule has 2 aromatic rings. The van der Waals surface area contributed by atoms with Crippen molar-refractivity contribution in [2.75, 3.05) is 19.5 Å². The van der Waals surface area contributed by atoms with Gasteiger partial charge in [-0.1, -0.05) is 15.9 Å². The number of hydrogen-bond donors (Lipinski definition) is 1. The van der Waals surface area contributed by atoms with Gasteiger partial charge in [0.05, 0.1) is 20.5 Å². The third-order valence-corrected chi connectivity index (χ3v) is 3.17. The topological polar surface area (TPSA) is 60.7 Å². The SMILES string of the molecule is COC(=O)c1occc1CNc1cc(Br)cc(OC)c1. The summed E-state index contributed by atoms with van der Waals surface area (Å²) in [5.41, 5.74) is 1.60. The van der Waals surface area contributed by atoms with Gasteiger partial charge in [0.1, 0.15) is 5.75 Å². The number of anilines is 1. The van der Waals surface area contributed by atoms with E-state index in [0.29, 0.717) is 6.54 Å². The molecule has 5 nitrogen and oxygen atoms in total. The Balaban J connectivity index is 2.11. The van der Waals surface area contributed by atoms with Gasteiger partial charge in [0.15, 0.2) is 0 Å². The molecule has 0 fully saturated rings. The van der Waals surface area contributed by atoms with Crippen LogP contribution in [0.1, 0.15) is 16.1 Å². The van der Waals surface area contributed by atoms with Crippen LogP contribution in [0.4, 0.5) is 5.69 Å². The molecule has 2 rings (SSSR count). The molecular formula is C14H14BrNO4. The van der Waals surface area contributed by atoms with Gasteiger partial charge in [-0.15, -0.1) is 0 Å². The van der Waals surface area contributed by atoms with Crippen molar-refractivity contribution in [3.63, 3.8) is 0 Å². The zero-order valence-electron chi connectivity index (χ0n) is 11.1. The molecule has 106 valence electrons. The number of halogens is 1. The zero-order valence-corrected chi connectivity index (χ0v) is 12.7. The van der Waals surface area contributed by atoms with E-state index in [4.69, 9.17) is 9.15 Å². The average Bonchev–Trinajstić information content (AvgIpc) is 2.92. The average molecular weight is 340 g/mol. The van der Waals surface area contributed by atoms with E-state index in [0.717, 1.165) is 21.5 Å². The van der Waals surface area contributed by atoms with E-state index < -0.39 is 5.97 Å². The summed E-state index contributed by atoms with van der Waals surface area (Å²) in [6.45, 7) is 0.445. The molecular weight excluding hydrogens is 326 g/mol. The van der Waals surface area contributed by atoms with Crippen LogP contribution in [-0.2, 0) is 11.3 Å². The third-order valence-electron chi connectivity index (χ3n) is 2.71. The first-order chi connectivity index (χ1) is 9.63. The predicted molar refractivity (Wildman–Crippen MR) is 78.1 cm³/mol. The van der Waals surface area contributed by atoms with Gasteiger partial charge in [-0.25, -0.2) is 4.79 Å². The maximum Gasteiger partial charge on any atom is 0.374 e. The number of furan rings is 1. The fourth-order valence-corrected chi connectivity index (χ4v) is 2.20. The van der Waals surface area contributed by atoms with Gasteiger partial charge in [0, 0.05) is 28.3 Å². The smallest absolute Gasteiger partial charge is 0.374 e. The van der Waals surface area contributed by atoms with Crippen LogP contribution >= 0.6 is 15.9 Å². The summed E-state index contributed by atoms with van der Waals surface area (Å²) in [4.78, 5) is 11.5. The molecule has 0 aliphatic heterocycles. The normalized spacial score (nSPS) is 10.2. The molecule has 0 saturated heterocycles. The number of ether oxygens (including phenoxy) is 2. The van der Waals surface area contributed by atoms with Crippen molar-refractivity contribution in [2.45, 2.75) is 6.54 Å². The summed E-state index contributed by atoms with van der Waals surface area (Å²) >= 11 is 3.41. The van der Waals surface area contributed by atoms with Gasteiger partial charge >= 0.3 is 5.97 Å². The van der Waals surface area contributed by atoms with Crippen LogP contribution in [-0.4, -0.2) is 20.2 Å². The number of esters is 1. The molecule has 6 heteroatoms. The Hall–Kier alpha value is -1.95. The van der Waals surface area contributed by atoms with Crippen LogP contribution in [0.3, 0.4) is 0 Å². The number of rotatable bonds is 5. The molecule has 1 N–H and O–H groups in total.